The summed E-state index contributed by atoms with van der Waals surface area (Å²) >= 11 is 0. The summed E-state index contributed by atoms with van der Waals surface area (Å²) in [5.41, 5.74) is 0.447. The smallest absolute Gasteiger partial charge is 0.274 e. The SMILES string of the molecule is O=[N+]([O-])c1cc(F)cc(N2CCC(N3CCCC3)C2)c1. The van der Waals surface area contributed by atoms with Gasteiger partial charge in [0, 0.05) is 30.9 Å². The van der Waals surface area contributed by atoms with Crippen LogP contribution in [0.2, 0.25) is 0 Å². The van der Waals surface area contributed by atoms with Crippen molar-refractivity contribution in [2.45, 2.75) is 25.3 Å². The molecule has 1 unspecified atom stereocenters. The summed E-state index contributed by atoms with van der Waals surface area (Å²) in [7, 11) is 0. The van der Waals surface area contributed by atoms with Crippen molar-refractivity contribution < 1.29 is 9.31 Å². The fraction of sp³-hybridized carbons (Fsp3) is 0.571. The largest absolute Gasteiger partial charge is 0.370 e. The van der Waals surface area contributed by atoms with Gasteiger partial charge in [-0.3, -0.25) is 15.0 Å². The lowest BCUT2D eigenvalue weighted by Gasteiger charge is -2.24. The summed E-state index contributed by atoms with van der Waals surface area (Å²) < 4.78 is 13.5. The van der Waals surface area contributed by atoms with Gasteiger partial charge in [-0.15, -0.1) is 0 Å². The molecule has 3 rings (SSSR count). The number of nitro benzene ring substituents is 1. The summed E-state index contributed by atoms with van der Waals surface area (Å²) in [6.45, 7) is 3.95. The van der Waals surface area contributed by atoms with Crippen molar-refractivity contribution in [3.05, 3.63) is 34.1 Å². The molecule has 0 bridgehead atoms. The zero-order valence-electron chi connectivity index (χ0n) is 11.3. The average molecular weight is 279 g/mol. The summed E-state index contributed by atoms with van der Waals surface area (Å²) in [4.78, 5) is 14.8. The molecule has 5 nitrogen and oxygen atoms in total. The average Bonchev–Trinajstić information content (AvgIpc) is 3.09. The van der Waals surface area contributed by atoms with E-state index in [1.54, 1.807) is 0 Å². The van der Waals surface area contributed by atoms with Crippen LogP contribution in [-0.2, 0) is 0 Å². The Balaban J connectivity index is 1.75. The van der Waals surface area contributed by atoms with Crippen molar-refractivity contribution in [2.24, 2.45) is 0 Å². The van der Waals surface area contributed by atoms with E-state index in [9.17, 15) is 14.5 Å². The zero-order valence-corrected chi connectivity index (χ0v) is 11.3. The first-order chi connectivity index (χ1) is 9.63. The van der Waals surface area contributed by atoms with Crippen LogP contribution in [0.5, 0.6) is 0 Å². The molecule has 0 amide bonds. The van der Waals surface area contributed by atoms with Gasteiger partial charge in [0.05, 0.1) is 11.0 Å². The summed E-state index contributed by atoms with van der Waals surface area (Å²) in [6, 6.07) is 4.33. The van der Waals surface area contributed by atoms with E-state index < -0.39 is 10.7 Å². The van der Waals surface area contributed by atoms with Crippen molar-refractivity contribution in [3.63, 3.8) is 0 Å². The highest BCUT2D eigenvalue weighted by molar-refractivity contribution is 5.54. The molecule has 1 aromatic carbocycles. The van der Waals surface area contributed by atoms with Gasteiger partial charge in [0.1, 0.15) is 5.82 Å². The van der Waals surface area contributed by atoms with Crippen molar-refractivity contribution in [1.29, 1.82) is 0 Å². The van der Waals surface area contributed by atoms with E-state index in [1.165, 1.54) is 25.0 Å². The van der Waals surface area contributed by atoms with Gasteiger partial charge < -0.3 is 4.90 Å². The Morgan fingerprint density at radius 3 is 2.65 bits per heavy atom. The molecule has 2 aliphatic rings. The Bertz CT molecular complexity index is 517. The highest BCUT2D eigenvalue weighted by atomic mass is 19.1. The first-order valence-corrected chi connectivity index (χ1v) is 7.07. The zero-order chi connectivity index (χ0) is 14.1. The molecular weight excluding hydrogens is 261 g/mol. The predicted molar refractivity (Wildman–Crippen MR) is 74.5 cm³/mol. The lowest BCUT2D eigenvalue weighted by Crippen LogP contribution is -2.35. The highest BCUT2D eigenvalue weighted by Crippen LogP contribution is 2.28. The van der Waals surface area contributed by atoms with E-state index in [-0.39, 0.29) is 5.69 Å². The van der Waals surface area contributed by atoms with Gasteiger partial charge in [-0.1, -0.05) is 0 Å². The number of nitro groups is 1. The van der Waals surface area contributed by atoms with Crippen LogP contribution in [0.1, 0.15) is 19.3 Å². The number of hydrogen-bond acceptors (Lipinski definition) is 4. The molecule has 6 heteroatoms. The molecule has 2 aliphatic heterocycles. The highest BCUT2D eigenvalue weighted by Gasteiger charge is 2.30. The molecule has 0 N–H and O–H groups in total. The molecule has 0 radical (unpaired) electrons. The maximum atomic E-state index is 13.5. The van der Waals surface area contributed by atoms with Crippen molar-refractivity contribution in [2.75, 3.05) is 31.1 Å². The number of non-ortho nitro benzene ring substituents is 1. The van der Waals surface area contributed by atoms with E-state index in [4.69, 9.17) is 0 Å². The van der Waals surface area contributed by atoms with Gasteiger partial charge in [0.25, 0.3) is 5.69 Å². The lowest BCUT2D eigenvalue weighted by molar-refractivity contribution is -0.385. The number of likely N-dealkylation sites (tertiary alicyclic amines) is 1. The third kappa shape index (κ3) is 2.60. The molecular formula is C14H18FN3O2. The predicted octanol–water partition coefficient (Wildman–Crippen LogP) is 2.41. The molecule has 1 aromatic rings. The molecule has 0 saturated carbocycles. The van der Waals surface area contributed by atoms with Crippen LogP contribution in [0.4, 0.5) is 15.8 Å². The van der Waals surface area contributed by atoms with E-state index in [0.29, 0.717) is 11.7 Å². The van der Waals surface area contributed by atoms with E-state index in [2.05, 4.69) is 9.80 Å². The van der Waals surface area contributed by atoms with Gasteiger partial charge in [0.2, 0.25) is 0 Å². The quantitative estimate of drug-likeness (QED) is 0.630. The Morgan fingerprint density at radius 2 is 1.95 bits per heavy atom. The third-order valence-electron chi connectivity index (χ3n) is 4.26. The second kappa shape index (κ2) is 5.36. The van der Waals surface area contributed by atoms with Gasteiger partial charge in [0.15, 0.2) is 0 Å². The van der Waals surface area contributed by atoms with E-state index in [0.717, 1.165) is 38.7 Å². The van der Waals surface area contributed by atoms with Crippen molar-refractivity contribution in [1.82, 2.24) is 4.90 Å². The van der Waals surface area contributed by atoms with Gasteiger partial charge in [-0.25, -0.2) is 4.39 Å². The normalized spacial score (nSPS) is 23.4. The molecule has 0 aromatic heterocycles. The van der Waals surface area contributed by atoms with Gasteiger partial charge >= 0.3 is 0 Å². The number of nitrogens with zero attached hydrogens (tertiary/aromatic N) is 3. The molecule has 0 spiro atoms. The monoisotopic (exact) mass is 279 g/mol. The summed E-state index contributed by atoms with van der Waals surface area (Å²) in [6.07, 6.45) is 3.55. The van der Waals surface area contributed by atoms with Crippen molar-refractivity contribution in [3.8, 4) is 0 Å². The Labute approximate surface area is 117 Å². The standard InChI is InChI=1S/C14H18FN3O2/c15-11-7-13(9-14(8-11)18(19)20)17-6-3-12(10-17)16-4-1-2-5-16/h7-9,12H,1-6,10H2. The Hall–Kier alpha value is -1.69. The van der Waals surface area contributed by atoms with Crippen LogP contribution in [0.15, 0.2) is 18.2 Å². The van der Waals surface area contributed by atoms with Crippen LogP contribution in [0.3, 0.4) is 0 Å². The molecule has 108 valence electrons. The summed E-state index contributed by atoms with van der Waals surface area (Å²) in [5.74, 6) is -0.543. The number of halogens is 1. The second-order valence-electron chi connectivity index (χ2n) is 5.56. The number of rotatable bonds is 3. The molecule has 20 heavy (non-hydrogen) atoms. The maximum Gasteiger partial charge on any atom is 0.274 e. The minimum absolute atomic E-state index is 0.176. The first-order valence-electron chi connectivity index (χ1n) is 7.07. The van der Waals surface area contributed by atoms with Crippen LogP contribution in [-0.4, -0.2) is 42.0 Å². The van der Waals surface area contributed by atoms with Crippen molar-refractivity contribution >= 4 is 11.4 Å². The Kier molecular flexibility index (Phi) is 3.56. The topological polar surface area (TPSA) is 49.6 Å². The fourth-order valence-electron chi connectivity index (χ4n) is 3.23. The van der Waals surface area contributed by atoms with E-state index in [1.807, 2.05) is 0 Å². The molecule has 2 fully saturated rings. The molecule has 1 atom stereocenters. The van der Waals surface area contributed by atoms with Crippen LogP contribution >= 0.6 is 0 Å². The first kappa shape index (κ1) is 13.3. The summed E-state index contributed by atoms with van der Waals surface area (Å²) in [5, 5.41) is 10.8. The van der Waals surface area contributed by atoms with Gasteiger partial charge in [-0.05, 0) is 38.4 Å². The Morgan fingerprint density at radius 1 is 1.20 bits per heavy atom. The number of benzene rings is 1. The van der Waals surface area contributed by atoms with Crippen LogP contribution < -0.4 is 4.90 Å². The minimum Gasteiger partial charge on any atom is -0.370 e. The van der Waals surface area contributed by atoms with Gasteiger partial charge in [-0.2, -0.15) is 0 Å². The molecule has 2 heterocycles. The van der Waals surface area contributed by atoms with Crippen LogP contribution in [0, 0.1) is 15.9 Å². The number of hydrogen-bond donors (Lipinski definition) is 0. The number of anilines is 1. The minimum atomic E-state index is -0.543. The molecule has 0 aliphatic carbocycles. The molecule has 2 saturated heterocycles. The van der Waals surface area contributed by atoms with E-state index >= 15 is 0 Å². The second-order valence-corrected chi connectivity index (χ2v) is 5.56. The maximum absolute atomic E-state index is 13.5. The fourth-order valence-corrected chi connectivity index (χ4v) is 3.23. The third-order valence-corrected chi connectivity index (χ3v) is 4.26. The lowest BCUT2D eigenvalue weighted by atomic mass is 10.2. The van der Waals surface area contributed by atoms with Crippen LogP contribution in [0.25, 0.3) is 0 Å².